The smallest absolute Gasteiger partial charge is 0.123 e. The lowest BCUT2D eigenvalue weighted by Crippen LogP contribution is -2.20. The highest BCUT2D eigenvalue weighted by molar-refractivity contribution is 8.00. The number of halogens is 2. The van der Waals surface area contributed by atoms with Crippen LogP contribution in [0.15, 0.2) is 171 Å². The zero-order valence-electron chi connectivity index (χ0n) is 28.0. The van der Waals surface area contributed by atoms with Gasteiger partial charge < -0.3 is 9.80 Å². The first kappa shape index (κ1) is 31.7. The lowest BCUT2D eigenvalue weighted by molar-refractivity contribution is 0.627. The fourth-order valence-corrected chi connectivity index (χ4v) is 9.49. The highest BCUT2D eigenvalue weighted by Crippen LogP contribution is 2.59. The Morgan fingerprint density at radius 2 is 0.725 bits per heavy atom. The standard InChI is InChI=1S/C45H32F2N2S2/c1-28(2)43-44(29-19-23-31(46)24-20-29)37(48-33-11-3-7-15-39(33)50-40-16-8-4-12-34(40)48)27-38(45(43)30-21-25-32(47)26-22-30)49-35-13-5-9-17-41(35)51-42-18-10-6-14-36(42)49/h3-28H,1-2H3. The van der Waals surface area contributed by atoms with Crippen LogP contribution < -0.4 is 9.80 Å². The van der Waals surface area contributed by atoms with E-state index in [9.17, 15) is 8.78 Å². The molecule has 2 aliphatic heterocycles. The van der Waals surface area contributed by atoms with Gasteiger partial charge in [-0.25, -0.2) is 8.78 Å². The quantitative estimate of drug-likeness (QED) is 0.176. The van der Waals surface area contributed by atoms with Crippen molar-refractivity contribution in [1.82, 2.24) is 0 Å². The predicted molar refractivity (Wildman–Crippen MR) is 209 cm³/mol. The summed E-state index contributed by atoms with van der Waals surface area (Å²) in [5.74, 6) is -0.546. The molecular weight excluding hydrogens is 671 g/mol. The molecule has 248 valence electrons. The number of anilines is 6. The SMILES string of the molecule is CC(C)c1c(-c2ccc(F)cc2)c(N2c3ccccc3Sc3ccccc32)cc(N2c3ccccc3Sc3ccccc32)c1-c1ccc(F)cc1. The summed E-state index contributed by atoms with van der Waals surface area (Å²) in [5.41, 5.74) is 11.2. The molecule has 7 aromatic rings. The van der Waals surface area contributed by atoms with Crippen LogP contribution in [0, 0.1) is 11.6 Å². The minimum absolute atomic E-state index is 0.0260. The number of nitrogens with zero attached hydrogens (tertiary/aromatic N) is 2. The Balaban J connectivity index is 1.47. The largest absolute Gasteiger partial charge is 0.308 e. The van der Waals surface area contributed by atoms with Crippen LogP contribution in [-0.4, -0.2) is 0 Å². The lowest BCUT2D eigenvalue weighted by atomic mass is 9.82. The summed E-state index contributed by atoms with van der Waals surface area (Å²) in [6, 6.07) is 50.1. The van der Waals surface area contributed by atoms with Crippen molar-refractivity contribution in [2.45, 2.75) is 39.3 Å². The molecule has 0 N–H and O–H groups in total. The van der Waals surface area contributed by atoms with Gasteiger partial charge >= 0.3 is 0 Å². The van der Waals surface area contributed by atoms with Crippen LogP contribution in [0.25, 0.3) is 22.3 Å². The Morgan fingerprint density at radius 1 is 0.412 bits per heavy atom. The Labute approximate surface area is 305 Å². The van der Waals surface area contributed by atoms with Gasteiger partial charge in [0.1, 0.15) is 11.6 Å². The third kappa shape index (κ3) is 5.41. The molecular formula is C45H32F2N2S2. The van der Waals surface area contributed by atoms with Crippen LogP contribution in [0.3, 0.4) is 0 Å². The molecule has 0 unspecified atom stereocenters. The van der Waals surface area contributed by atoms with Crippen LogP contribution in [0.2, 0.25) is 0 Å². The Hall–Kier alpha value is -5.30. The molecule has 2 heterocycles. The highest BCUT2D eigenvalue weighted by Gasteiger charge is 2.34. The van der Waals surface area contributed by atoms with Gasteiger partial charge in [0.05, 0.1) is 34.1 Å². The zero-order chi connectivity index (χ0) is 34.6. The van der Waals surface area contributed by atoms with Gasteiger partial charge in [0.25, 0.3) is 0 Å². The molecule has 0 atom stereocenters. The number of rotatable bonds is 5. The summed E-state index contributed by atoms with van der Waals surface area (Å²) < 4.78 is 29.2. The molecule has 0 amide bonds. The number of para-hydroxylation sites is 4. The van der Waals surface area contributed by atoms with Gasteiger partial charge in [-0.1, -0.05) is 110 Å². The van der Waals surface area contributed by atoms with Crippen molar-refractivity contribution in [2.75, 3.05) is 9.80 Å². The van der Waals surface area contributed by atoms with Crippen molar-refractivity contribution in [1.29, 1.82) is 0 Å². The first-order chi connectivity index (χ1) is 25.0. The summed E-state index contributed by atoms with van der Waals surface area (Å²) in [7, 11) is 0. The first-order valence-electron chi connectivity index (χ1n) is 17.0. The summed E-state index contributed by atoms with van der Waals surface area (Å²) in [4.78, 5) is 9.37. The van der Waals surface area contributed by atoms with Crippen molar-refractivity contribution >= 4 is 57.6 Å². The number of fused-ring (bicyclic) bond motifs is 4. The van der Waals surface area contributed by atoms with Crippen molar-refractivity contribution in [2.24, 2.45) is 0 Å². The monoisotopic (exact) mass is 702 g/mol. The second kappa shape index (κ2) is 12.8. The molecule has 0 bridgehead atoms. The Kier molecular flexibility index (Phi) is 7.94. The maximum absolute atomic E-state index is 14.6. The average molecular weight is 703 g/mol. The zero-order valence-corrected chi connectivity index (χ0v) is 29.6. The third-order valence-corrected chi connectivity index (χ3v) is 11.8. The average Bonchev–Trinajstić information content (AvgIpc) is 3.16. The van der Waals surface area contributed by atoms with E-state index in [1.54, 1.807) is 23.5 Å². The first-order valence-corrected chi connectivity index (χ1v) is 18.6. The maximum Gasteiger partial charge on any atom is 0.123 e. The predicted octanol–water partition coefficient (Wildman–Crippen LogP) is 14.3. The van der Waals surface area contributed by atoms with E-state index in [1.807, 2.05) is 24.3 Å². The van der Waals surface area contributed by atoms with E-state index in [-0.39, 0.29) is 17.6 Å². The van der Waals surface area contributed by atoms with Gasteiger partial charge in [-0.05, 0) is 101 Å². The minimum Gasteiger partial charge on any atom is -0.308 e. The topological polar surface area (TPSA) is 6.48 Å². The van der Waals surface area contributed by atoms with Crippen LogP contribution in [0.4, 0.5) is 42.9 Å². The molecule has 9 rings (SSSR count). The van der Waals surface area contributed by atoms with E-state index >= 15 is 0 Å². The summed E-state index contributed by atoms with van der Waals surface area (Å²) in [5, 5.41) is 0. The second-order valence-corrected chi connectivity index (χ2v) is 15.2. The van der Waals surface area contributed by atoms with Gasteiger partial charge in [-0.3, -0.25) is 0 Å². The third-order valence-electron chi connectivity index (χ3n) is 9.51. The van der Waals surface area contributed by atoms with Crippen molar-refractivity contribution < 1.29 is 8.78 Å². The highest BCUT2D eigenvalue weighted by atomic mass is 32.2. The number of hydrogen-bond donors (Lipinski definition) is 0. The fraction of sp³-hybridized carbons (Fsp3) is 0.0667. The molecule has 0 aromatic heterocycles. The summed E-state index contributed by atoms with van der Waals surface area (Å²) >= 11 is 3.54. The van der Waals surface area contributed by atoms with Crippen LogP contribution in [0.1, 0.15) is 25.3 Å². The molecule has 0 fully saturated rings. The van der Waals surface area contributed by atoms with E-state index in [0.29, 0.717) is 0 Å². The van der Waals surface area contributed by atoms with Crippen LogP contribution in [-0.2, 0) is 0 Å². The van der Waals surface area contributed by atoms with Gasteiger partial charge in [0.2, 0.25) is 0 Å². The minimum atomic E-state index is -0.286. The van der Waals surface area contributed by atoms with Gasteiger partial charge in [-0.15, -0.1) is 0 Å². The van der Waals surface area contributed by atoms with E-state index in [1.165, 1.54) is 24.3 Å². The van der Waals surface area contributed by atoms with Gasteiger partial charge in [-0.2, -0.15) is 0 Å². The van der Waals surface area contributed by atoms with E-state index in [0.717, 1.165) is 81.5 Å². The van der Waals surface area contributed by atoms with Crippen LogP contribution in [0.5, 0.6) is 0 Å². The molecule has 0 saturated carbocycles. The number of benzene rings is 7. The van der Waals surface area contributed by atoms with Crippen molar-refractivity contribution in [3.05, 3.63) is 169 Å². The Bertz CT molecular complexity index is 2180. The van der Waals surface area contributed by atoms with Gasteiger partial charge in [0.15, 0.2) is 0 Å². The lowest BCUT2D eigenvalue weighted by Gasteiger charge is -2.39. The molecule has 51 heavy (non-hydrogen) atoms. The maximum atomic E-state index is 14.6. The fourth-order valence-electron chi connectivity index (χ4n) is 7.37. The normalized spacial score (nSPS) is 13.0. The molecule has 7 aromatic carbocycles. The van der Waals surface area contributed by atoms with Crippen LogP contribution >= 0.6 is 23.5 Å². The second-order valence-electron chi connectivity index (χ2n) is 13.0. The molecule has 0 saturated heterocycles. The Morgan fingerprint density at radius 3 is 1.04 bits per heavy atom. The van der Waals surface area contributed by atoms with Gasteiger partial charge in [0, 0.05) is 30.7 Å². The van der Waals surface area contributed by atoms with E-state index in [4.69, 9.17) is 0 Å². The molecule has 2 nitrogen and oxygen atoms in total. The molecule has 0 spiro atoms. The summed E-state index contributed by atoms with van der Waals surface area (Å²) in [6.07, 6.45) is 0. The number of hydrogen-bond acceptors (Lipinski definition) is 4. The van der Waals surface area contributed by atoms with E-state index in [2.05, 4.69) is 127 Å². The molecule has 2 aliphatic rings. The van der Waals surface area contributed by atoms with Crippen molar-refractivity contribution in [3.63, 3.8) is 0 Å². The molecule has 6 heteroatoms. The van der Waals surface area contributed by atoms with E-state index < -0.39 is 0 Å². The molecule has 0 radical (unpaired) electrons. The molecule has 0 aliphatic carbocycles. The summed E-state index contributed by atoms with van der Waals surface area (Å²) in [6.45, 7) is 4.43. The van der Waals surface area contributed by atoms with Crippen molar-refractivity contribution in [3.8, 4) is 22.3 Å².